The van der Waals surface area contributed by atoms with E-state index >= 15 is 0 Å². The molecule has 208 valence electrons. The smallest absolute Gasteiger partial charge is 0.323 e. The number of aryl methyl sites for hydroxylation is 2. The molecule has 41 heavy (non-hydrogen) atoms. The van der Waals surface area contributed by atoms with Gasteiger partial charge in [-0.15, -0.1) is 0 Å². The molecule has 0 bridgehead atoms. The first-order valence-electron chi connectivity index (χ1n) is 12.4. The average Bonchev–Trinajstić information content (AvgIpc) is 3.53. The topological polar surface area (TPSA) is 145 Å². The second-order valence-corrected chi connectivity index (χ2v) is 9.40. The van der Waals surface area contributed by atoms with Gasteiger partial charge in [-0.3, -0.25) is 19.0 Å². The number of primary amides is 1. The van der Waals surface area contributed by atoms with Crippen molar-refractivity contribution in [1.29, 1.82) is 0 Å². The fraction of sp³-hybridized carbons (Fsp3) is 0.138. The molecule has 0 aliphatic rings. The fourth-order valence-electron chi connectivity index (χ4n) is 4.76. The van der Waals surface area contributed by atoms with Crippen molar-refractivity contribution in [3.63, 3.8) is 0 Å². The second kappa shape index (κ2) is 10.2. The quantitative estimate of drug-likeness (QED) is 0.305. The van der Waals surface area contributed by atoms with Crippen LogP contribution in [0.5, 0.6) is 0 Å². The van der Waals surface area contributed by atoms with Crippen molar-refractivity contribution in [2.24, 2.45) is 12.8 Å². The molecule has 3 amide bonds. The Morgan fingerprint density at radius 3 is 2.49 bits per heavy atom. The molecule has 0 unspecified atom stereocenters. The van der Waals surface area contributed by atoms with E-state index in [0.29, 0.717) is 39.9 Å². The predicted octanol–water partition coefficient (Wildman–Crippen LogP) is 3.66. The number of aromatic nitrogens is 3. The Balaban J connectivity index is 1.83. The van der Waals surface area contributed by atoms with Crippen LogP contribution in [0.4, 0.5) is 14.9 Å². The van der Waals surface area contributed by atoms with E-state index in [1.165, 1.54) is 65.6 Å². The molecule has 0 saturated carbocycles. The van der Waals surface area contributed by atoms with Crippen molar-refractivity contribution in [2.45, 2.75) is 6.92 Å². The van der Waals surface area contributed by atoms with Gasteiger partial charge in [0.05, 0.1) is 22.6 Å². The highest BCUT2D eigenvalue weighted by molar-refractivity contribution is 6.13. The number of carbonyl (C=O) groups is 3. The van der Waals surface area contributed by atoms with Crippen LogP contribution < -0.4 is 21.5 Å². The maximum absolute atomic E-state index is 13.6. The van der Waals surface area contributed by atoms with Crippen molar-refractivity contribution in [3.05, 3.63) is 82.2 Å². The van der Waals surface area contributed by atoms with E-state index < -0.39 is 23.3 Å². The van der Waals surface area contributed by atoms with Crippen LogP contribution in [0.3, 0.4) is 0 Å². The highest BCUT2D eigenvalue weighted by atomic mass is 19.1. The van der Waals surface area contributed by atoms with Gasteiger partial charge in [-0.05, 0) is 49.4 Å². The molecule has 0 atom stereocenters. The molecule has 0 radical (unpaired) electrons. The maximum Gasteiger partial charge on any atom is 0.323 e. The first-order chi connectivity index (χ1) is 19.5. The molecule has 3 N–H and O–H groups in total. The summed E-state index contributed by atoms with van der Waals surface area (Å²) >= 11 is 0. The molecule has 5 rings (SSSR count). The summed E-state index contributed by atoms with van der Waals surface area (Å²) < 4.78 is 22.2. The van der Waals surface area contributed by atoms with Crippen LogP contribution in [0.15, 0.2) is 63.9 Å². The summed E-state index contributed by atoms with van der Waals surface area (Å²) in [5.74, 6) is -0.688. The van der Waals surface area contributed by atoms with Crippen molar-refractivity contribution in [1.82, 2.24) is 19.4 Å². The van der Waals surface area contributed by atoms with E-state index in [4.69, 9.17) is 10.2 Å². The summed E-state index contributed by atoms with van der Waals surface area (Å²) in [6.45, 7) is 1.67. The zero-order chi connectivity index (χ0) is 29.6. The Morgan fingerprint density at radius 2 is 1.85 bits per heavy atom. The maximum atomic E-state index is 13.6. The minimum absolute atomic E-state index is 0.0394. The van der Waals surface area contributed by atoms with E-state index in [1.807, 2.05) is 0 Å². The number of benzene rings is 2. The molecular formula is C29H25FN6O5. The Labute approximate surface area is 232 Å². The number of carbonyl (C=O) groups excluding carboxylic acids is 3. The molecule has 0 saturated heterocycles. The van der Waals surface area contributed by atoms with Gasteiger partial charge >= 0.3 is 6.03 Å². The number of halogens is 1. The molecule has 3 aromatic heterocycles. The summed E-state index contributed by atoms with van der Waals surface area (Å²) in [5, 5.41) is 3.01. The van der Waals surface area contributed by atoms with Crippen LogP contribution >= 0.6 is 0 Å². The lowest BCUT2D eigenvalue weighted by Crippen LogP contribution is -2.26. The molecule has 5 aromatic rings. The number of rotatable bonds is 6. The SMILES string of the molecule is CNC(=O)c1c(-c2ccc(F)cc2)oc2cc(N(C)C=O)c(-c3cn(C)c(=O)c(-c4ccc(C)n4C(N)=O)n3)cc12. The third-order valence-electron chi connectivity index (χ3n) is 6.79. The number of hydrogen-bond acceptors (Lipinski definition) is 6. The third-order valence-corrected chi connectivity index (χ3v) is 6.79. The summed E-state index contributed by atoms with van der Waals surface area (Å²) in [6.07, 6.45) is 2.08. The summed E-state index contributed by atoms with van der Waals surface area (Å²) in [5.41, 5.74) is 7.77. The van der Waals surface area contributed by atoms with Crippen molar-refractivity contribution >= 4 is 35.0 Å². The number of nitrogens with two attached hydrogens (primary N) is 1. The zero-order valence-electron chi connectivity index (χ0n) is 22.6. The van der Waals surface area contributed by atoms with E-state index in [2.05, 4.69) is 10.3 Å². The summed E-state index contributed by atoms with van der Waals surface area (Å²) in [7, 11) is 4.54. The monoisotopic (exact) mass is 556 g/mol. The van der Waals surface area contributed by atoms with Gasteiger partial charge in [0.1, 0.15) is 17.2 Å². The fourth-order valence-corrected chi connectivity index (χ4v) is 4.76. The Kier molecular flexibility index (Phi) is 6.75. The zero-order valence-corrected chi connectivity index (χ0v) is 22.6. The van der Waals surface area contributed by atoms with Gasteiger partial charge < -0.3 is 24.9 Å². The first kappa shape index (κ1) is 27.1. The van der Waals surface area contributed by atoms with E-state index in [9.17, 15) is 23.6 Å². The number of nitrogens with zero attached hydrogens (tertiary/aromatic N) is 4. The molecule has 11 nitrogen and oxygen atoms in total. The standard InChI is InChI=1S/C29H25FN6O5/c1-15-5-10-21(36(15)29(31)40)25-28(39)34(3)13-20(33-25)18-11-19-23(12-22(18)35(4)14-37)41-26(24(19)27(38)32-2)16-6-8-17(30)9-7-16/h5-14H,1-4H3,(H2,31,40)(H,32,38). The van der Waals surface area contributed by atoms with Gasteiger partial charge in [-0.25, -0.2) is 14.2 Å². The number of nitrogens with one attached hydrogen (secondary N) is 1. The summed E-state index contributed by atoms with van der Waals surface area (Å²) in [4.78, 5) is 56.2. The second-order valence-electron chi connectivity index (χ2n) is 9.40. The predicted molar refractivity (Wildman–Crippen MR) is 151 cm³/mol. The lowest BCUT2D eigenvalue weighted by molar-refractivity contribution is -0.107. The van der Waals surface area contributed by atoms with Crippen LogP contribution in [0.2, 0.25) is 0 Å². The number of anilines is 1. The number of hydrogen-bond donors (Lipinski definition) is 2. The molecule has 0 fully saturated rings. The highest BCUT2D eigenvalue weighted by Gasteiger charge is 2.26. The number of fused-ring (bicyclic) bond motifs is 1. The first-order valence-corrected chi connectivity index (χ1v) is 12.4. The van der Waals surface area contributed by atoms with E-state index in [1.54, 1.807) is 31.2 Å². The van der Waals surface area contributed by atoms with Gasteiger partial charge in [-0.1, -0.05) is 0 Å². The molecule has 0 aliphatic heterocycles. The van der Waals surface area contributed by atoms with E-state index in [-0.39, 0.29) is 28.4 Å². The van der Waals surface area contributed by atoms with Gasteiger partial charge in [0.2, 0.25) is 6.41 Å². The average molecular weight is 557 g/mol. The largest absolute Gasteiger partial charge is 0.455 e. The van der Waals surface area contributed by atoms with Gasteiger partial charge in [0.15, 0.2) is 5.69 Å². The van der Waals surface area contributed by atoms with Gasteiger partial charge in [0, 0.05) is 55.6 Å². The van der Waals surface area contributed by atoms with Gasteiger partial charge in [0.25, 0.3) is 11.5 Å². The van der Waals surface area contributed by atoms with Crippen molar-refractivity contribution in [3.8, 4) is 34.0 Å². The molecule has 12 heteroatoms. The normalized spacial score (nSPS) is 11.0. The summed E-state index contributed by atoms with van der Waals surface area (Å²) in [6, 6.07) is 11.2. The highest BCUT2D eigenvalue weighted by Crippen LogP contribution is 2.40. The van der Waals surface area contributed by atoms with Crippen LogP contribution in [0.1, 0.15) is 16.1 Å². The van der Waals surface area contributed by atoms with Gasteiger partial charge in [-0.2, -0.15) is 0 Å². The molecular weight excluding hydrogens is 531 g/mol. The van der Waals surface area contributed by atoms with Crippen molar-refractivity contribution < 1.29 is 23.2 Å². The Morgan fingerprint density at radius 1 is 1.15 bits per heavy atom. The minimum atomic E-state index is -0.776. The minimum Gasteiger partial charge on any atom is -0.455 e. The Bertz CT molecular complexity index is 1920. The molecule has 3 heterocycles. The lowest BCUT2D eigenvalue weighted by Gasteiger charge is -2.17. The number of amides is 3. The third kappa shape index (κ3) is 4.54. The Hall–Kier alpha value is -5.52. The van der Waals surface area contributed by atoms with Crippen LogP contribution in [-0.4, -0.2) is 46.6 Å². The van der Waals surface area contributed by atoms with E-state index in [0.717, 1.165) is 0 Å². The van der Waals surface area contributed by atoms with Crippen molar-refractivity contribution in [2.75, 3.05) is 19.0 Å². The number of furan rings is 1. The molecule has 2 aromatic carbocycles. The lowest BCUT2D eigenvalue weighted by atomic mass is 10.0. The van der Waals surface area contributed by atoms with Crippen LogP contribution in [0.25, 0.3) is 44.9 Å². The van der Waals surface area contributed by atoms with Crippen LogP contribution in [0, 0.1) is 12.7 Å². The molecule has 0 spiro atoms. The van der Waals surface area contributed by atoms with Crippen LogP contribution in [-0.2, 0) is 11.8 Å². The molecule has 0 aliphatic carbocycles.